The van der Waals surface area contributed by atoms with Crippen molar-refractivity contribution in [2.45, 2.75) is 17.3 Å². The van der Waals surface area contributed by atoms with Gasteiger partial charge in [0.1, 0.15) is 5.82 Å². The van der Waals surface area contributed by atoms with Gasteiger partial charge in [0.25, 0.3) is 0 Å². The van der Waals surface area contributed by atoms with E-state index in [1.165, 1.54) is 61.2 Å². The highest BCUT2D eigenvalue weighted by molar-refractivity contribution is 5.91. The first-order chi connectivity index (χ1) is 29.3. The molecule has 0 radical (unpaired) electrons. The number of hydrogen-bond acceptors (Lipinski definition) is 1. The van der Waals surface area contributed by atoms with Crippen LogP contribution in [0.4, 0.5) is 0 Å². The summed E-state index contributed by atoms with van der Waals surface area (Å²) in [5, 5.41) is 0. The highest BCUT2D eigenvalue weighted by Crippen LogP contribution is 2.66. The van der Waals surface area contributed by atoms with Crippen LogP contribution < -0.4 is 0 Å². The average molecular weight is 753 g/mol. The molecule has 59 heavy (non-hydrogen) atoms. The predicted molar refractivity (Wildman–Crippen MR) is 242 cm³/mol. The minimum Gasteiger partial charge on any atom is -0.292 e. The molecule has 2 heteroatoms. The lowest BCUT2D eigenvalue weighted by Gasteiger charge is -2.52. The number of nitrogens with zero attached hydrogens (tertiary/aromatic N) is 2. The summed E-state index contributed by atoms with van der Waals surface area (Å²) in [6.45, 7) is 0. The fourth-order valence-electron chi connectivity index (χ4n) is 11.1. The molecular weight excluding hydrogens is 713 g/mol. The number of fused-ring (bicyclic) bond motifs is 6. The maximum atomic E-state index is 5.15. The zero-order chi connectivity index (χ0) is 39.0. The Bertz CT molecular complexity index is 3130. The molecule has 3 aliphatic carbocycles. The first-order valence-electron chi connectivity index (χ1n) is 20.7. The molecule has 0 amide bonds. The summed E-state index contributed by atoms with van der Waals surface area (Å²) in [4.78, 5) is 5.15. The maximum Gasteiger partial charge on any atom is 0.145 e. The number of hydrogen-bond donors (Lipinski definition) is 0. The van der Waals surface area contributed by atoms with E-state index in [4.69, 9.17) is 4.98 Å². The van der Waals surface area contributed by atoms with Gasteiger partial charge in [-0.05, 0) is 104 Å². The van der Waals surface area contributed by atoms with Crippen LogP contribution in [0.1, 0.15) is 45.4 Å². The van der Waals surface area contributed by atoms with E-state index < -0.39 is 10.8 Å². The van der Waals surface area contributed by atoms with E-state index >= 15 is 0 Å². The van der Waals surface area contributed by atoms with Crippen LogP contribution in [-0.4, -0.2) is 9.55 Å². The van der Waals surface area contributed by atoms with E-state index in [0.717, 1.165) is 34.5 Å². The highest BCUT2D eigenvalue weighted by Gasteiger charge is 2.58. The zero-order valence-electron chi connectivity index (χ0n) is 32.5. The monoisotopic (exact) mass is 752 g/mol. The third-order valence-corrected chi connectivity index (χ3v) is 13.4. The van der Waals surface area contributed by atoms with Crippen molar-refractivity contribution in [2.75, 3.05) is 0 Å². The SMILES string of the molecule is C1=CCC(C2(c3cccc(-c4ccc(-c5nc6ccccc6n5-c5ccccc5)cc4)c3)c3ccccc3C3(c4ccccc4)c4ccccc4-c4cccc2c43)C=C1. The molecule has 0 saturated carbocycles. The summed E-state index contributed by atoms with van der Waals surface area (Å²) in [7, 11) is 0. The third kappa shape index (κ3) is 4.72. The van der Waals surface area contributed by atoms with Crippen molar-refractivity contribution >= 4 is 11.0 Å². The number of para-hydroxylation sites is 3. The number of imidazole rings is 1. The van der Waals surface area contributed by atoms with Crippen molar-refractivity contribution in [3.05, 3.63) is 263 Å². The number of aromatic nitrogens is 2. The second-order valence-electron chi connectivity index (χ2n) is 16.2. The predicted octanol–water partition coefficient (Wildman–Crippen LogP) is 13.5. The standard InChI is InChI=1S/C57H40N2/c1-4-19-42(20-5-1)56(49-29-12-13-30-50(49)57(43-21-6-2-7-22-43)48-28-11-10-26-46(48)47-27-17-31-51(56)54(47)57)44-23-16-18-41(38-44)39-34-36-40(37-35-39)55-58-52-32-14-15-33-53(52)59(55)45-24-8-3-9-25-45/h1-19,21-38,42H,20H2. The molecule has 1 aromatic heterocycles. The summed E-state index contributed by atoms with van der Waals surface area (Å²) in [5.74, 6) is 1.13. The minimum atomic E-state index is -0.458. The van der Waals surface area contributed by atoms with E-state index in [2.05, 4.69) is 229 Å². The molecule has 3 aliphatic rings. The van der Waals surface area contributed by atoms with Crippen molar-refractivity contribution in [3.8, 4) is 39.3 Å². The topological polar surface area (TPSA) is 17.8 Å². The summed E-state index contributed by atoms with van der Waals surface area (Å²) in [5.41, 5.74) is 18.0. The lowest BCUT2D eigenvalue weighted by Crippen LogP contribution is -2.47. The Kier molecular flexibility index (Phi) is 7.52. The molecule has 9 aromatic rings. The molecule has 1 heterocycles. The Hall–Kier alpha value is -7.29. The van der Waals surface area contributed by atoms with Crippen LogP contribution in [0.2, 0.25) is 0 Å². The molecule has 0 fully saturated rings. The Balaban J connectivity index is 1.07. The molecular formula is C57H40N2. The van der Waals surface area contributed by atoms with Gasteiger partial charge in [0.2, 0.25) is 0 Å². The molecule has 0 N–H and O–H groups in total. The van der Waals surface area contributed by atoms with Gasteiger partial charge in [-0.2, -0.15) is 0 Å². The van der Waals surface area contributed by atoms with Crippen LogP contribution in [0.3, 0.4) is 0 Å². The van der Waals surface area contributed by atoms with E-state index in [0.29, 0.717) is 0 Å². The largest absolute Gasteiger partial charge is 0.292 e. The normalized spacial score (nSPS) is 19.6. The first-order valence-corrected chi connectivity index (χ1v) is 20.7. The summed E-state index contributed by atoms with van der Waals surface area (Å²) in [6.07, 6.45) is 10.2. The van der Waals surface area contributed by atoms with Gasteiger partial charge in [-0.3, -0.25) is 4.57 Å². The van der Waals surface area contributed by atoms with Gasteiger partial charge in [-0.15, -0.1) is 0 Å². The molecule has 3 atom stereocenters. The van der Waals surface area contributed by atoms with Crippen LogP contribution in [-0.2, 0) is 10.8 Å². The number of allylic oxidation sites excluding steroid dienone is 4. The van der Waals surface area contributed by atoms with E-state index in [-0.39, 0.29) is 5.92 Å². The van der Waals surface area contributed by atoms with Gasteiger partial charge in [0.05, 0.1) is 21.9 Å². The molecule has 278 valence electrons. The van der Waals surface area contributed by atoms with Crippen LogP contribution in [0.5, 0.6) is 0 Å². The lowest BCUT2D eigenvalue weighted by atomic mass is 9.49. The maximum absolute atomic E-state index is 5.15. The molecule has 8 aromatic carbocycles. The molecule has 0 bridgehead atoms. The lowest BCUT2D eigenvalue weighted by molar-refractivity contribution is 0.424. The summed E-state index contributed by atoms with van der Waals surface area (Å²) in [6, 6.07) is 74.2. The molecule has 0 spiro atoms. The fourth-order valence-corrected chi connectivity index (χ4v) is 11.1. The first kappa shape index (κ1) is 33.8. The Morgan fingerprint density at radius 2 is 1.12 bits per heavy atom. The van der Waals surface area contributed by atoms with E-state index in [1.807, 2.05) is 0 Å². The molecule has 0 aliphatic heterocycles. The summed E-state index contributed by atoms with van der Waals surface area (Å²) >= 11 is 0. The van der Waals surface area contributed by atoms with Crippen molar-refractivity contribution in [3.63, 3.8) is 0 Å². The summed E-state index contributed by atoms with van der Waals surface area (Å²) < 4.78 is 2.27. The Morgan fingerprint density at radius 3 is 1.93 bits per heavy atom. The molecule has 3 unspecified atom stereocenters. The number of benzene rings is 8. The Morgan fingerprint density at radius 1 is 0.475 bits per heavy atom. The van der Waals surface area contributed by atoms with Gasteiger partial charge in [0.15, 0.2) is 0 Å². The molecule has 2 nitrogen and oxygen atoms in total. The van der Waals surface area contributed by atoms with Crippen molar-refractivity contribution in [2.24, 2.45) is 5.92 Å². The quantitative estimate of drug-likeness (QED) is 0.165. The van der Waals surface area contributed by atoms with Gasteiger partial charge in [-0.25, -0.2) is 4.98 Å². The molecule has 0 saturated heterocycles. The second kappa shape index (κ2) is 13.1. The van der Waals surface area contributed by atoms with Gasteiger partial charge >= 0.3 is 0 Å². The Labute approximate surface area is 345 Å². The fraction of sp³-hybridized carbons (Fsp3) is 0.0702. The van der Waals surface area contributed by atoms with Crippen molar-refractivity contribution < 1.29 is 0 Å². The van der Waals surface area contributed by atoms with Crippen molar-refractivity contribution in [1.29, 1.82) is 0 Å². The smallest absolute Gasteiger partial charge is 0.145 e. The molecule has 12 rings (SSSR count). The van der Waals surface area contributed by atoms with Crippen LogP contribution in [0, 0.1) is 5.92 Å². The average Bonchev–Trinajstić information content (AvgIpc) is 3.86. The number of rotatable bonds is 6. The third-order valence-electron chi connectivity index (χ3n) is 13.4. The second-order valence-corrected chi connectivity index (χ2v) is 16.2. The minimum absolute atomic E-state index is 0.196. The van der Waals surface area contributed by atoms with Crippen molar-refractivity contribution in [1.82, 2.24) is 9.55 Å². The van der Waals surface area contributed by atoms with Crippen LogP contribution in [0.15, 0.2) is 224 Å². The van der Waals surface area contributed by atoms with E-state index in [1.54, 1.807) is 0 Å². The van der Waals surface area contributed by atoms with Crippen LogP contribution >= 0.6 is 0 Å². The van der Waals surface area contributed by atoms with E-state index in [9.17, 15) is 0 Å². The zero-order valence-corrected chi connectivity index (χ0v) is 32.5. The highest BCUT2D eigenvalue weighted by atomic mass is 15.1. The van der Waals surface area contributed by atoms with Gasteiger partial charge in [0, 0.05) is 11.3 Å². The van der Waals surface area contributed by atoms with Crippen LogP contribution in [0.25, 0.3) is 50.4 Å². The van der Waals surface area contributed by atoms with Gasteiger partial charge in [-0.1, -0.05) is 194 Å². The van der Waals surface area contributed by atoms with Gasteiger partial charge < -0.3 is 0 Å².